The van der Waals surface area contributed by atoms with Gasteiger partial charge in [-0.1, -0.05) is 60.7 Å². The highest BCUT2D eigenvalue weighted by atomic mass is 31.2. The molecule has 0 amide bonds. The maximum atomic E-state index is 11.2. The lowest BCUT2D eigenvalue weighted by Crippen LogP contribution is -2.12. The van der Waals surface area contributed by atoms with E-state index in [-0.39, 0.29) is 12.2 Å². The topological polar surface area (TPSA) is 61.5 Å². The van der Waals surface area contributed by atoms with Gasteiger partial charge in [-0.25, -0.2) is 10.1 Å². The van der Waals surface area contributed by atoms with E-state index in [0.717, 1.165) is 12.8 Å². The van der Waals surface area contributed by atoms with E-state index in [9.17, 15) is 4.57 Å². The Kier molecular flexibility index (Phi) is 9.69. The van der Waals surface area contributed by atoms with E-state index in [0.29, 0.717) is 0 Å². The quantitative estimate of drug-likeness (QED) is 0.671. The smallest absolute Gasteiger partial charge is 0.294 e. The zero-order valence-corrected chi connectivity index (χ0v) is 16.5. The molecule has 0 bridgehead atoms. The van der Waals surface area contributed by atoms with Crippen molar-refractivity contribution < 1.29 is 13.6 Å². The molecule has 138 valence electrons. The summed E-state index contributed by atoms with van der Waals surface area (Å²) in [7, 11) is -3.30. The lowest BCUT2D eigenvalue weighted by Gasteiger charge is -2.17. The van der Waals surface area contributed by atoms with Gasteiger partial charge in [-0.15, -0.1) is 0 Å². The van der Waals surface area contributed by atoms with Crippen molar-refractivity contribution in [3.05, 3.63) is 71.8 Å². The molecule has 0 spiro atoms. The van der Waals surface area contributed by atoms with Crippen LogP contribution in [0.3, 0.4) is 0 Å². The minimum Gasteiger partial charge on any atom is -0.294 e. The summed E-state index contributed by atoms with van der Waals surface area (Å²) in [6.07, 6.45) is 1.91. The van der Waals surface area contributed by atoms with Gasteiger partial charge in [0.1, 0.15) is 0 Å². The molecule has 0 unspecified atom stereocenters. The summed E-state index contributed by atoms with van der Waals surface area (Å²) in [5.74, 6) is 0. The molecule has 0 radical (unpaired) electrons. The summed E-state index contributed by atoms with van der Waals surface area (Å²) in [5.41, 5.74) is 8.06. The predicted octanol–water partition coefficient (Wildman–Crippen LogP) is 5.38. The monoisotopic (exact) mass is 363 g/mol. The second-order valence-electron chi connectivity index (χ2n) is 6.32. The summed E-state index contributed by atoms with van der Waals surface area (Å²) >= 11 is 0. The molecule has 25 heavy (non-hydrogen) atoms. The number of benzene rings is 2. The Labute approximate surface area is 151 Å². The third-order valence-electron chi connectivity index (χ3n) is 3.10. The molecule has 2 aromatic rings. The Balaban J connectivity index is 0.000000260. The third kappa shape index (κ3) is 10.9. The van der Waals surface area contributed by atoms with Gasteiger partial charge in [0, 0.05) is 0 Å². The average molecular weight is 363 g/mol. The van der Waals surface area contributed by atoms with E-state index in [2.05, 4.69) is 60.7 Å². The molecule has 0 aliphatic rings. The van der Waals surface area contributed by atoms with E-state index in [1.54, 1.807) is 27.7 Å². The van der Waals surface area contributed by atoms with Gasteiger partial charge >= 0.3 is 7.75 Å². The average Bonchev–Trinajstić information content (AvgIpc) is 2.53. The van der Waals surface area contributed by atoms with Crippen LogP contribution in [0.25, 0.3) is 0 Å². The molecule has 0 aliphatic heterocycles. The maximum absolute atomic E-state index is 11.2. The van der Waals surface area contributed by atoms with Crippen molar-refractivity contribution in [3.63, 3.8) is 0 Å². The van der Waals surface area contributed by atoms with Gasteiger partial charge in [0.15, 0.2) is 0 Å². The lowest BCUT2D eigenvalue weighted by atomic mass is 10.0. The minimum atomic E-state index is -3.30. The molecule has 0 aromatic heterocycles. The van der Waals surface area contributed by atoms with Crippen molar-refractivity contribution in [3.8, 4) is 0 Å². The molecule has 2 aromatic carbocycles. The second kappa shape index (κ2) is 11.2. The molecule has 0 saturated carbocycles. The molecule has 2 N–H and O–H groups in total. The molecule has 0 saturated heterocycles. The molecule has 4 nitrogen and oxygen atoms in total. The van der Waals surface area contributed by atoms with Gasteiger partial charge in [-0.05, 0) is 51.7 Å². The number of aryl methyl sites for hydroxylation is 2. The Morgan fingerprint density at radius 1 is 0.760 bits per heavy atom. The molecular formula is C20H30NO3P. The molecule has 0 heterocycles. The minimum absolute atomic E-state index is 0.176. The van der Waals surface area contributed by atoms with Gasteiger partial charge in [-0.2, -0.15) is 0 Å². The van der Waals surface area contributed by atoms with Crippen LogP contribution in [0.1, 0.15) is 38.8 Å². The van der Waals surface area contributed by atoms with E-state index in [1.807, 2.05) is 0 Å². The summed E-state index contributed by atoms with van der Waals surface area (Å²) < 4.78 is 20.9. The number of hydrogen-bond acceptors (Lipinski definition) is 3. The molecule has 5 heteroatoms. The first-order valence-corrected chi connectivity index (χ1v) is 10.2. The molecule has 0 atom stereocenters. The van der Waals surface area contributed by atoms with Crippen LogP contribution >= 0.6 is 7.75 Å². The fraction of sp³-hybridized carbons (Fsp3) is 0.400. The van der Waals surface area contributed by atoms with Crippen molar-refractivity contribution >= 4 is 7.75 Å². The van der Waals surface area contributed by atoms with Crippen molar-refractivity contribution in [2.75, 3.05) is 0 Å². The normalized spacial score (nSPS) is 11.3. The van der Waals surface area contributed by atoms with Crippen molar-refractivity contribution in [2.24, 2.45) is 5.50 Å². The maximum Gasteiger partial charge on any atom is 0.403 e. The highest BCUT2D eigenvalue weighted by Crippen LogP contribution is 2.41. The highest BCUT2D eigenvalue weighted by Gasteiger charge is 2.21. The van der Waals surface area contributed by atoms with E-state index in [4.69, 9.17) is 14.6 Å². The van der Waals surface area contributed by atoms with Crippen LogP contribution in [-0.2, 0) is 26.5 Å². The fourth-order valence-electron chi connectivity index (χ4n) is 2.19. The van der Waals surface area contributed by atoms with Gasteiger partial charge in [0.05, 0.1) is 12.2 Å². The highest BCUT2D eigenvalue weighted by molar-refractivity contribution is 7.51. The first-order valence-electron chi connectivity index (χ1n) is 8.62. The summed E-state index contributed by atoms with van der Waals surface area (Å²) in [6, 6.07) is 21.2. The Morgan fingerprint density at radius 2 is 1.08 bits per heavy atom. The van der Waals surface area contributed by atoms with Gasteiger partial charge in [-0.3, -0.25) is 9.05 Å². The standard InChI is InChI=1S/C14H14.C6H16NO3P/c1-3-7-13(8-4-1)11-12-14-9-5-2-6-10-14;1-5(2)9-11(7,8)10-6(3)4/h1-10H,11-12H2;5-6H,1-4H3,(H2,7,8). The van der Waals surface area contributed by atoms with Crippen LogP contribution in [0.5, 0.6) is 0 Å². The largest absolute Gasteiger partial charge is 0.403 e. The van der Waals surface area contributed by atoms with Gasteiger partial charge in [0.25, 0.3) is 0 Å². The zero-order chi connectivity index (χ0) is 18.7. The van der Waals surface area contributed by atoms with E-state index in [1.165, 1.54) is 11.1 Å². The fourth-order valence-corrected chi connectivity index (χ4v) is 3.42. The summed E-state index contributed by atoms with van der Waals surface area (Å²) in [5, 5.41) is 0. The zero-order valence-electron chi connectivity index (χ0n) is 15.6. The molecule has 0 aliphatic carbocycles. The molecule has 0 fully saturated rings. The predicted molar refractivity (Wildman–Crippen MR) is 105 cm³/mol. The summed E-state index contributed by atoms with van der Waals surface area (Å²) in [6.45, 7) is 7.01. The van der Waals surface area contributed by atoms with E-state index >= 15 is 0 Å². The number of rotatable bonds is 7. The SMILES string of the molecule is CC(C)OP(N)(=O)OC(C)C.c1ccc(CCc2ccccc2)cc1. The first-order chi connectivity index (χ1) is 11.8. The lowest BCUT2D eigenvalue weighted by molar-refractivity contribution is 0.143. The Morgan fingerprint density at radius 3 is 1.36 bits per heavy atom. The molecular weight excluding hydrogens is 333 g/mol. The van der Waals surface area contributed by atoms with E-state index < -0.39 is 7.75 Å². The Hall–Kier alpha value is -1.45. The van der Waals surface area contributed by atoms with Crippen molar-refractivity contribution in [1.29, 1.82) is 0 Å². The van der Waals surface area contributed by atoms with Crippen molar-refractivity contribution in [2.45, 2.75) is 52.7 Å². The van der Waals surface area contributed by atoms with Crippen LogP contribution in [-0.4, -0.2) is 12.2 Å². The Bertz CT molecular complexity index is 576. The van der Waals surface area contributed by atoms with Crippen molar-refractivity contribution in [1.82, 2.24) is 0 Å². The van der Waals surface area contributed by atoms with Crippen LogP contribution in [0.2, 0.25) is 0 Å². The number of hydrogen-bond donors (Lipinski definition) is 1. The van der Waals surface area contributed by atoms with Crippen LogP contribution < -0.4 is 5.50 Å². The van der Waals surface area contributed by atoms with Crippen LogP contribution in [0.15, 0.2) is 60.7 Å². The van der Waals surface area contributed by atoms with Gasteiger partial charge in [0.2, 0.25) is 0 Å². The van der Waals surface area contributed by atoms with Crippen LogP contribution in [0, 0.1) is 0 Å². The first kappa shape index (κ1) is 21.6. The second-order valence-corrected chi connectivity index (χ2v) is 7.82. The van der Waals surface area contributed by atoms with Gasteiger partial charge < -0.3 is 0 Å². The summed E-state index contributed by atoms with van der Waals surface area (Å²) in [4.78, 5) is 0. The number of nitrogens with two attached hydrogens (primary N) is 1. The third-order valence-corrected chi connectivity index (χ3v) is 4.53. The molecule has 2 rings (SSSR count). The van der Waals surface area contributed by atoms with Crippen LogP contribution in [0.4, 0.5) is 0 Å².